The van der Waals surface area contributed by atoms with Gasteiger partial charge in [0, 0.05) is 42.9 Å². The number of halogens is 3. The van der Waals surface area contributed by atoms with Crippen LogP contribution in [0.25, 0.3) is 0 Å². The molecule has 0 aliphatic carbocycles. The summed E-state index contributed by atoms with van der Waals surface area (Å²) < 4.78 is 126. The van der Waals surface area contributed by atoms with Crippen molar-refractivity contribution in [1.82, 2.24) is 0 Å². The molecule has 0 saturated heterocycles. The first-order valence-electron chi connectivity index (χ1n) is 36.0. The predicted octanol–water partition coefficient (Wildman–Crippen LogP) is 15.6. The van der Waals surface area contributed by atoms with Crippen molar-refractivity contribution in [2.24, 2.45) is 0 Å². The zero-order chi connectivity index (χ0) is 77.4. The largest absolute Gasteiger partial charge is 0.490 e. The molecule has 3 aromatic carbocycles. The van der Waals surface area contributed by atoms with Crippen LogP contribution in [-0.4, -0.2) is 146 Å². The van der Waals surface area contributed by atoms with Crippen LogP contribution in [0.3, 0.4) is 0 Å². The van der Waals surface area contributed by atoms with E-state index in [1.807, 2.05) is 0 Å². The molecule has 3 aromatic rings. The van der Waals surface area contributed by atoms with Crippen LogP contribution in [0.15, 0.2) is 118 Å². The van der Waals surface area contributed by atoms with Gasteiger partial charge in [-0.15, -0.1) is 0 Å². The van der Waals surface area contributed by atoms with Gasteiger partial charge in [0.05, 0.1) is 97.0 Å². The molecule has 0 aliphatic rings. The molecule has 0 atom stereocenters. The zero-order valence-corrected chi connectivity index (χ0v) is 60.8. The fraction of sp³-hybridized carbons (Fsp3) is 0.506. The van der Waals surface area contributed by atoms with E-state index < -0.39 is 90.7 Å². The molecule has 0 amide bonds. The van der Waals surface area contributed by atoms with Crippen molar-refractivity contribution >= 4 is 53.7 Å². The maximum Gasteiger partial charge on any atom is 0.389 e. The molecule has 27 heteroatoms. The van der Waals surface area contributed by atoms with Crippen LogP contribution >= 0.6 is 0 Å². The van der Waals surface area contributed by atoms with E-state index >= 15 is 0 Å². The minimum atomic E-state index is -4.58. The molecule has 0 aromatic heterocycles. The highest BCUT2D eigenvalue weighted by Gasteiger charge is 2.29. The summed E-state index contributed by atoms with van der Waals surface area (Å²) in [5.74, 6) is -6.55. The lowest BCUT2D eigenvalue weighted by Gasteiger charge is -2.19. The lowest BCUT2D eigenvalue weighted by atomic mass is 10.1. The molecular formula is C79H103F3O24. The fourth-order valence-corrected chi connectivity index (χ4v) is 9.58. The molecule has 0 bridgehead atoms. The summed E-state index contributed by atoms with van der Waals surface area (Å²) >= 11 is 0. The number of esters is 9. The van der Waals surface area contributed by atoms with E-state index in [-0.39, 0.29) is 131 Å². The standard InChI is InChI=1S/C79H103F3O24/c1-7-68(83)96-45-29-17-13-25-41-92-64-54-59(55-65(93-42-26-14-18-30-46-97-69(84)8-2)74(64)102-51-35-23-21-33-49-100-72(87)11-5)76(89)105-61-38-39-63(62(58-61)78(91)104-53-37-40-79(80,81)82)106-77(90)60-56-66(94-43-27-15-19-31-47-98-70(85)9-3)75(103-52-36-24-22-34-50-101-73(88)12-6)67(57-60)95-44-28-16-20-32-48-99-71(86)10-4/h7-12,38-39,54-58H,1-6,13-37,40-53H2. The number of unbranched alkanes of at least 4 members (excludes halogenated alkanes) is 18. The van der Waals surface area contributed by atoms with Crippen molar-refractivity contribution < 1.29 is 127 Å². The molecule has 0 unspecified atom stereocenters. The van der Waals surface area contributed by atoms with Crippen molar-refractivity contribution in [3.8, 4) is 46.0 Å². The summed E-state index contributed by atoms with van der Waals surface area (Å²) in [6, 6.07) is 8.90. The van der Waals surface area contributed by atoms with E-state index in [4.69, 9.17) is 71.1 Å². The Balaban J connectivity index is 2.12. The van der Waals surface area contributed by atoms with E-state index in [9.17, 15) is 56.3 Å². The third-order valence-corrected chi connectivity index (χ3v) is 15.2. The molecule has 0 spiro atoms. The van der Waals surface area contributed by atoms with Crippen LogP contribution in [0.4, 0.5) is 13.2 Å². The number of benzene rings is 3. The van der Waals surface area contributed by atoms with Gasteiger partial charge in [-0.2, -0.15) is 13.2 Å². The Morgan fingerprint density at radius 2 is 0.538 bits per heavy atom. The molecule has 3 rings (SSSR count). The van der Waals surface area contributed by atoms with Gasteiger partial charge in [0.1, 0.15) is 17.1 Å². The molecular weight excluding hydrogens is 1390 g/mol. The summed E-state index contributed by atoms with van der Waals surface area (Å²) in [6.45, 7) is 21.8. The van der Waals surface area contributed by atoms with Crippen LogP contribution in [0.2, 0.25) is 0 Å². The summed E-state index contributed by atoms with van der Waals surface area (Å²) in [4.78, 5) is 113. The van der Waals surface area contributed by atoms with Crippen LogP contribution in [0, 0.1) is 0 Å². The second kappa shape index (κ2) is 55.4. The normalized spacial score (nSPS) is 10.7. The molecule has 0 radical (unpaired) electrons. The molecule has 0 saturated carbocycles. The number of rotatable bonds is 62. The monoisotopic (exact) mass is 1490 g/mol. The summed E-state index contributed by atoms with van der Waals surface area (Å²) in [5.41, 5.74) is -0.801. The molecule has 0 N–H and O–H groups in total. The van der Waals surface area contributed by atoms with Crippen molar-refractivity contribution in [1.29, 1.82) is 0 Å². The summed E-state index contributed by atoms with van der Waals surface area (Å²) in [5, 5.41) is 0. The molecule has 106 heavy (non-hydrogen) atoms. The van der Waals surface area contributed by atoms with Crippen molar-refractivity contribution in [2.75, 3.05) is 85.9 Å². The predicted molar refractivity (Wildman–Crippen MR) is 386 cm³/mol. The highest BCUT2D eigenvalue weighted by Crippen LogP contribution is 2.42. The van der Waals surface area contributed by atoms with Gasteiger partial charge in [-0.1, -0.05) is 39.5 Å². The first-order chi connectivity index (χ1) is 51.2. The van der Waals surface area contributed by atoms with E-state index in [2.05, 4.69) is 39.5 Å². The highest BCUT2D eigenvalue weighted by atomic mass is 19.4. The van der Waals surface area contributed by atoms with E-state index in [1.165, 1.54) is 30.3 Å². The average Bonchev–Trinajstić information content (AvgIpc) is 0.809. The van der Waals surface area contributed by atoms with E-state index in [0.717, 1.165) is 48.6 Å². The van der Waals surface area contributed by atoms with Crippen LogP contribution in [0.5, 0.6) is 46.0 Å². The molecule has 584 valence electrons. The van der Waals surface area contributed by atoms with Crippen molar-refractivity contribution in [3.63, 3.8) is 0 Å². The topological polar surface area (TPSA) is 292 Å². The highest BCUT2D eigenvalue weighted by molar-refractivity contribution is 5.98. The number of carbonyl (C=O) groups excluding carboxylic acids is 9. The number of carbonyl (C=O) groups is 9. The van der Waals surface area contributed by atoms with Crippen LogP contribution in [0.1, 0.15) is 198 Å². The van der Waals surface area contributed by atoms with Gasteiger partial charge in [-0.3, -0.25) is 0 Å². The van der Waals surface area contributed by atoms with Gasteiger partial charge in [0.25, 0.3) is 0 Å². The van der Waals surface area contributed by atoms with Gasteiger partial charge in [0.15, 0.2) is 23.0 Å². The van der Waals surface area contributed by atoms with Crippen molar-refractivity contribution in [3.05, 3.63) is 135 Å². The van der Waals surface area contributed by atoms with Gasteiger partial charge in [0.2, 0.25) is 11.5 Å². The molecule has 0 heterocycles. The maximum atomic E-state index is 14.6. The van der Waals surface area contributed by atoms with Crippen molar-refractivity contribution in [2.45, 2.75) is 173 Å². The van der Waals surface area contributed by atoms with E-state index in [0.29, 0.717) is 154 Å². The zero-order valence-electron chi connectivity index (χ0n) is 60.8. The Labute approximate surface area is 618 Å². The van der Waals surface area contributed by atoms with Gasteiger partial charge >= 0.3 is 59.9 Å². The Morgan fingerprint density at radius 1 is 0.283 bits per heavy atom. The minimum absolute atomic E-state index is 0.0804. The first-order valence-corrected chi connectivity index (χ1v) is 36.0. The smallest absolute Gasteiger partial charge is 0.389 e. The van der Waals surface area contributed by atoms with Crippen LogP contribution in [-0.2, 0) is 61.9 Å². The third kappa shape index (κ3) is 40.8. The van der Waals surface area contributed by atoms with Gasteiger partial charge < -0.3 is 71.1 Å². The number of hydrogen-bond acceptors (Lipinski definition) is 24. The van der Waals surface area contributed by atoms with Gasteiger partial charge in [-0.25, -0.2) is 43.2 Å². The molecule has 0 aliphatic heterocycles. The Bertz CT molecular complexity index is 3150. The lowest BCUT2D eigenvalue weighted by Crippen LogP contribution is -2.16. The number of ether oxygens (including phenoxy) is 15. The fourth-order valence-electron chi connectivity index (χ4n) is 9.58. The SMILES string of the molecule is C=CC(=O)OCCCCCCOc1cc(C(=O)Oc2ccc(OC(=O)c3cc(OCCCCCCOC(=O)C=C)c(OCCCCCCOC(=O)C=C)c(OCCCCCCOC(=O)C=C)c3)c(C(=O)OCCCC(F)(F)F)c2)cc(OCCCCCCOC(=O)C=C)c1OCCCCCCOC(=O)C=C. The number of hydrogen-bond donors (Lipinski definition) is 0. The summed E-state index contributed by atoms with van der Waals surface area (Å²) in [7, 11) is 0. The maximum absolute atomic E-state index is 14.6. The first kappa shape index (κ1) is 90.1. The molecule has 0 fully saturated rings. The quantitative estimate of drug-likeness (QED) is 0.0167. The Hall–Kier alpha value is -10.1. The lowest BCUT2D eigenvalue weighted by molar-refractivity contribution is -0.138. The third-order valence-electron chi connectivity index (χ3n) is 15.2. The average molecular weight is 1490 g/mol. The second-order valence-electron chi connectivity index (χ2n) is 23.7. The Kier molecular flexibility index (Phi) is 47.1. The van der Waals surface area contributed by atoms with E-state index in [1.54, 1.807) is 0 Å². The van der Waals surface area contributed by atoms with Gasteiger partial charge in [-0.05, 0) is 203 Å². The molecule has 24 nitrogen and oxygen atoms in total. The summed E-state index contributed by atoms with van der Waals surface area (Å²) in [6.07, 6.45) is 14.8. The van der Waals surface area contributed by atoms with Crippen LogP contribution < -0.4 is 37.9 Å². The minimum Gasteiger partial charge on any atom is -0.490 e. The Morgan fingerprint density at radius 3 is 0.811 bits per heavy atom. The second-order valence-corrected chi connectivity index (χ2v) is 23.7. The number of alkyl halides is 3.